The summed E-state index contributed by atoms with van der Waals surface area (Å²) in [7, 11) is 0. The van der Waals surface area contributed by atoms with Crippen molar-refractivity contribution in [3.63, 3.8) is 0 Å². The fourth-order valence-corrected chi connectivity index (χ4v) is 3.99. The molecule has 3 aromatic rings. The van der Waals surface area contributed by atoms with Gasteiger partial charge in [0.1, 0.15) is 11.6 Å². The van der Waals surface area contributed by atoms with Crippen LogP contribution in [0.15, 0.2) is 81.8 Å². The largest absolute Gasteiger partial charge is 0.467 e. The van der Waals surface area contributed by atoms with Crippen LogP contribution in [0.1, 0.15) is 16.9 Å². The molecule has 1 atom stereocenters. The highest BCUT2D eigenvalue weighted by molar-refractivity contribution is 8.15. The van der Waals surface area contributed by atoms with Gasteiger partial charge in [0.25, 0.3) is 0 Å². The molecule has 0 radical (unpaired) electrons. The number of amidine groups is 1. The van der Waals surface area contributed by atoms with Crippen molar-refractivity contribution in [2.75, 3.05) is 0 Å². The van der Waals surface area contributed by atoms with E-state index in [2.05, 4.69) is 15.2 Å². The van der Waals surface area contributed by atoms with Gasteiger partial charge in [0, 0.05) is 18.0 Å². The summed E-state index contributed by atoms with van der Waals surface area (Å²) in [5.41, 5.74) is 1.70. The van der Waals surface area contributed by atoms with Gasteiger partial charge in [0.05, 0.1) is 24.3 Å². The number of hydrogen-bond donors (Lipinski definition) is 0. The predicted molar refractivity (Wildman–Crippen MR) is 110 cm³/mol. The van der Waals surface area contributed by atoms with Crippen LogP contribution >= 0.6 is 11.8 Å². The molecule has 1 aliphatic heterocycles. The van der Waals surface area contributed by atoms with Gasteiger partial charge >= 0.3 is 0 Å². The van der Waals surface area contributed by atoms with E-state index in [1.807, 2.05) is 18.2 Å². The molecule has 6 nitrogen and oxygen atoms in total. The molecule has 0 N–H and O–H groups in total. The number of halogens is 1. The van der Waals surface area contributed by atoms with Crippen LogP contribution in [0, 0.1) is 5.82 Å². The topological polar surface area (TPSA) is 71.1 Å². The number of carbonyl (C=O) groups is 1. The van der Waals surface area contributed by atoms with Gasteiger partial charge in [-0.15, -0.1) is 5.10 Å². The second-order valence-corrected chi connectivity index (χ2v) is 7.52. The van der Waals surface area contributed by atoms with Crippen molar-refractivity contribution >= 4 is 29.1 Å². The van der Waals surface area contributed by atoms with Gasteiger partial charge in [-0.25, -0.2) is 4.39 Å². The maximum Gasteiger partial charge on any atom is 0.242 e. The molecule has 29 heavy (non-hydrogen) atoms. The molecular formula is C21H17FN4O2S. The van der Waals surface area contributed by atoms with Crippen LogP contribution in [0.5, 0.6) is 0 Å². The lowest BCUT2D eigenvalue weighted by atomic mass is 10.1. The summed E-state index contributed by atoms with van der Waals surface area (Å²) >= 11 is 1.34. The minimum atomic E-state index is -0.359. The van der Waals surface area contributed by atoms with Crippen LogP contribution in [-0.2, 0) is 17.8 Å². The zero-order valence-electron chi connectivity index (χ0n) is 15.3. The van der Waals surface area contributed by atoms with Crippen molar-refractivity contribution in [1.29, 1.82) is 0 Å². The Morgan fingerprint density at radius 2 is 2.07 bits per heavy atom. The SMILES string of the molecule is O=C1[C@@H](Cc2ccc(F)cc2)S/C(=N\N=C/c2cccnc2)N1Cc1ccco1. The average molecular weight is 408 g/mol. The molecule has 1 amide bonds. The minimum Gasteiger partial charge on any atom is -0.467 e. The Labute approximate surface area is 171 Å². The Morgan fingerprint density at radius 3 is 2.79 bits per heavy atom. The summed E-state index contributed by atoms with van der Waals surface area (Å²) in [5.74, 6) is 0.280. The Bertz CT molecular complexity index is 1020. The highest BCUT2D eigenvalue weighted by atomic mass is 32.2. The lowest BCUT2D eigenvalue weighted by molar-refractivity contribution is -0.126. The molecule has 146 valence electrons. The highest BCUT2D eigenvalue weighted by Gasteiger charge is 2.38. The van der Waals surface area contributed by atoms with Crippen LogP contribution in [0.25, 0.3) is 0 Å². The third kappa shape index (κ3) is 4.78. The smallest absolute Gasteiger partial charge is 0.242 e. The normalized spacial score (nSPS) is 18.2. The molecule has 4 rings (SSSR count). The van der Waals surface area contributed by atoms with Gasteiger partial charge in [-0.1, -0.05) is 30.0 Å². The molecule has 1 saturated heterocycles. The molecule has 1 aliphatic rings. The maximum absolute atomic E-state index is 13.2. The van der Waals surface area contributed by atoms with E-state index >= 15 is 0 Å². The monoisotopic (exact) mass is 408 g/mol. The molecule has 1 aromatic carbocycles. The molecule has 0 unspecified atom stereocenters. The molecule has 0 aliphatic carbocycles. The second kappa shape index (κ2) is 8.83. The second-order valence-electron chi connectivity index (χ2n) is 6.35. The first kappa shape index (κ1) is 19.1. The average Bonchev–Trinajstić information content (AvgIpc) is 3.35. The van der Waals surface area contributed by atoms with Gasteiger partial charge in [0.2, 0.25) is 5.91 Å². The van der Waals surface area contributed by atoms with Crippen molar-refractivity contribution in [2.45, 2.75) is 18.2 Å². The fourth-order valence-electron chi connectivity index (χ4n) is 2.85. The standard InChI is InChI=1S/C21H17FN4O2S/c22-17-7-5-15(6-8-17)11-19-20(27)26(14-18-4-2-10-28-18)21(29-19)25-24-13-16-3-1-9-23-12-16/h1-10,12-13,19H,11,14H2/b24-13-,25-21-/t19-/m1/s1. The Balaban J connectivity index is 1.54. The number of thioether (sulfide) groups is 1. The van der Waals surface area contributed by atoms with Crippen molar-refractivity contribution in [2.24, 2.45) is 10.2 Å². The van der Waals surface area contributed by atoms with Crippen LogP contribution < -0.4 is 0 Å². The van der Waals surface area contributed by atoms with Crippen molar-refractivity contribution in [3.05, 3.63) is 89.9 Å². The molecule has 0 saturated carbocycles. The Morgan fingerprint density at radius 1 is 1.21 bits per heavy atom. The number of pyridine rings is 1. The molecule has 0 spiro atoms. The highest BCUT2D eigenvalue weighted by Crippen LogP contribution is 2.31. The van der Waals surface area contributed by atoms with E-state index in [0.717, 1.165) is 11.1 Å². The lowest BCUT2D eigenvalue weighted by Crippen LogP contribution is -2.32. The summed E-state index contributed by atoms with van der Waals surface area (Å²) in [6, 6.07) is 13.4. The third-order valence-electron chi connectivity index (χ3n) is 4.28. The fraction of sp³-hybridized carbons (Fsp3) is 0.143. The van der Waals surface area contributed by atoms with E-state index in [1.165, 1.54) is 23.9 Å². The van der Waals surface area contributed by atoms with Gasteiger partial charge in [-0.3, -0.25) is 14.7 Å². The van der Waals surface area contributed by atoms with Crippen LogP contribution in [0.4, 0.5) is 4.39 Å². The van der Waals surface area contributed by atoms with Gasteiger partial charge in [-0.2, -0.15) is 5.10 Å². The summed E-state index contributed by atoms with van der Waals surface area (Å²) in [4.78, 5) is 18.6. The van der Waals surface area contributed by atoms with Crippen molar-refractivity contribution in [1.82, 2.24) is 9.88 Å². The van der Waals surface area contributed by atoms with Crippen LogP contribution in [0.3, 0.4) is 0 Å². The Kier molecular flexibility index (Phi) is 5.81. The summed E-state index contributed by atoms with van der Waals surface area (Å²) in [5, 5.41) is 8.52. The van der Waals surface area contributed by atoms with E-state index in [9.17, 15) is 9.18 Å². The maximum atomic E-state index is 13.2. The number of nitrogens with zero attached hydrogens (tertiary/aromatic N) is 4. The number of rotatable bonds is 6. The van der Waals surface area contributed by atoms with Crippen molar-refractivity contribution in [3.8, 4) is 0 Å². The summed E-state index contributed by atoms with van der Waals surface area (Å²) in [6.07, 6.45) is 6.98. The quantitative estimate of drug-likeness (QED) is 0.458. The third-order valence-corrected chi connectivity index (χ3v) is 5.45. The van der Waals surface area contributed by atoms with Gasteiger partial charge in [0.15, 0.2) is 5.17 Å². The van der Waals surface area contributed by atoms with E-state index in [1.54, 1.807) is 48.0 Å². The number of amides is 1. The molecule has 2 aromatic heterocycles. The number of aromatic nitrogens is 1. The first-order chi connectivity index (χ1) is 14.2. The van der Waals surface area contributed by atoms with Crippen molar-refractivity contribution < 1.29 is 13.6 Å². The Hall–Kier alpha value is -3.26. The number of benzene rings is 1. The van der Waals surface area contributed by atoms with E-state index in [-0.39, 0.29) is 23.5 Å². The molecular weight excluding hydrogens is 391 g/mol. The lowest BCUT2D eigenvalue weighted by Gasteiger charge is -2.14. The summed E-state index contributed by atoms with van der Waals surface area (Å²) in [6.45, 7) is 0.278. The van der Waals surface area contributed by atoms with Gasteiger partial charge < -0.3 is 4.42 Å². The predicted octanol–water partition coefficient (Wildman–Crippen LogP) is 3.89. The zero-order chi connectivity index (χ0) is 20.1. The summed E-state index contributed by atoms with van der Waals surface area (Å²) < 4.78 is 18.5. The molecule has 3 heterocycles. The number of hydrogen-bond acceptors (Lipinski definition) is 6. The van der Waals surface area contributed by atoms with Crippen LogP contribution in [0.2, 0.25) is 0 Å². The number of furan rings is 1. The zero-order valence-corrected chi connectivity index (χ0v) is 16.1. The molecule has 0 bridgehead atoms. The van der Waals surface area contributed by atoms with E-state index < -0.39 is 0 Å². The molecule has 8 heteroatoms. The van der Waals surface area contributed by atoms with Gasteiger partial charge in [-0.05, 0) is 42.3 Å². The first-order valence-corrected chi connectivity index (χ1v) is 9.83. The van der Waals surface area contributed by atoms with E-state index in [0.29, 0.717) is 17.3 Å². The van der Waals surface area contributed by atoms with E-state index in [4.69, 9.17) is 4.42 Å². The first-order valence-electron chi connectivity index (χ1n) is 8.95. The van der Waals surface area contributed by atoms with Crippen LogP contribution in [-0.4, -0.2) is 32.4 Å². The minimum absolute atomic E-state index is 0.0777. The number of carbonyl (C=O) groups excluding carboxylic acids is 1. The molecule has 1 fully saturated rings.